The Balaban J connectivity index is 1.80. The summed E-state index contributed by atoms with van der Waals surface area (Å²) < 4.78 is 42.0. The molecule has 1 amide bonds. The Morgan fingerprint density at radius 2 is 2.04 bits per heavy atom. The average Bonchev–Trinajstić information content (AvgIpc) is 2.91. The van der Waals surface area contributed by atoms with Crippen LogP contribution in [0.3, 0.4) is 0 Å². The number of pyridine rings is 1. The lowest BCUT2D eigenvalue weighted by Crippen LogP contribution is -2.39. The normalized spacial score (nSPS) is 18.6. The number of fused-ring (bicyclic) bond motifs is 1. The number of carbonyl (C=O) groups is 1. The third-order valence-corrected chi connectivity index (χ3v) is 5.08. The standard InChI is InChI=1S/C17H16Cl2F3N3O2/c1-9(25-7-12-11(15(25)26)3-4-23-14(12)19)10-5-13(18)16(24(2)6-10)27-8-17(20,21)22/h3-5,9H,6-8H2,1-2H3. The lowest BCUT2D eigenvalue weighted by atomic mass is 10.0. The number of halogens is 5. The second-order valence-corrected chi connectivity index (χ2v) is 7.13. The van der Waals surface area contributed by atoms with E-state index in [1.807, 2.05) is 6.92 Å². The predicted molar refractivity (Wildman–Crippen MR) is 94.2 cm³/mol. The van der Waals surface area contributed by atoms with Crippen molar-refractivity contribution < 1.29 is 22.7 Å². The highest BCUT2D eigenvalue weighted by molar-refractivity contribution is 6.31. The Morgan fingerprint density at radius 1 is 1.33 bits per heavy atom. The molecule has 0 N–H and O–H groups in total. The van der Waals surface area contributed by atoms with Crippen LogP contribution < -0.4 is 0 Å². The first-order chi connectivity index (χ1) is 12.6. The summed E-state index contributed by atoms with van der Waals surface area (Å²) in [5.74, 6) is -0.224. The summed E-state index contributed by atoms with van der Waals surface area (Å²) in [5, 5.41) is 0.338. The van der Waals surface area contributed by atoms with Gasteiger partial charge in [-0.25, -0.2) is 4.98 Å². The van der Waals surface area contributed by atoms with Gasteiger partial charge in [0.05, 0.1) is 12.6 Å². The maximum atomic E-state index is 12.7. The van der Waals surface area contributed by atoms with Gasteiger partial charge in [0, 0.05) is 30.9 Å². The van der Waals surface area contributed by atoms with Gasteiger partial charge in [0.2, 0.25) is 5.88 Å². The van der Waals surface area contributed by atoms with Crippen molar-refractivity contribution in [1.29, 1.82) is 0 Å². The fourth-order valence-electron chi connectivity index (χ4n) is 3.11. The van der Waals surface area contributed by atoms with Gasteiger partial charge >= 0.3 is 6.18 Å². The van der Waals surface area contributed by atoms with E-state index in [9.17, 15) is 18.0 Å². The van der Waals surface area contributed by atoms with Crippen LogP contribution in [0, 0.1) is 0 Å². The molecular formula is C17H16Cl2F3N3O2. The van der Waals surface area contributed by atoms with Gasteiger partial charge < -0.3 is 14.5 Å². The quantitative estimate of drug-likeness (QED) is 0.690. The molecule has 0 spiro atoms. The number of alkyl halides is 3. The highest BCUT2D eigenvalue weighted by atomic mass is 35.5. The Morgan fingerprint density at radius 3 is 2.63 bits per heavy atom. The van der Waals surface area contributed by atoms with Crippen LogP contribution in [-0.4, -0.2) is 53.1 Å². The van der Waals surface area contributed by atoms with E-state index < -0.39 is 12.8 Å². The highest BCUT2D eigenvalue weighted by Gasteiger charge is 2.36. The molecule has 1 unspecified atom stereocenters. The first-order valence-corrected chi connectivity index (χ1v) is 8.79. The molecule has 27 heavy (non-hydrogen) atoms. The Bertz CT molecular complexity index is 839. The molecule has 0 aromatic carbocycles. The molecule has 1 aromatic rings. The van der Waals surface area contributed by atoms with Crippen LogP contribution in [0.15, 0.2) is 34.8 Å². The summed E-state index contributed by atoms with van der Waals surface area (Å²) in [4.78, 5) is 19.8. The number of allylic oxidation sites excluding steroid dienone is 2. The fraction of sp³-hybridized carbons (Fsp3) is 0.412. The summed E-state index contributed by atoms with van der Waals surface area (Å²) in [6.45, 7) is 0.988. The second-order valence-electron chi connectivity index (χ2n) is 6.37. The van der Waals surface area contributed by atoms with E-state index in [1.165, 1.54) is 11.1 Å². The molecule has 0 saturated heterocycles. The topological polar surface area (TPSA) is 45.7 Å². The molecule has 10 heteroatoms. The number of hydrogen-bond donors (Lipinski definition) is 0. The van der Waals surface area contributed by atoms with Crippen LogP contribution in [0.25, 0.3) is 0 Å². The first kappa shape index (κ1) is 19.8. The van der Waals surface area contributed by atoms with E-state index in [0.717, 1.165) is 5.57 Å². The smallest absolute Gasteiger partial charge is 0.422 e. The largest absolute Gasteiger partial charge is 0.468 e. The Kier molecular flexibility index (Phi) is 5.31. The fourth-order valence-corrected chi connectivity index (χ4v) is 3.66. The lowest BCUT2D eigenvalue weighted by molar-refractivity contribution is -0.169. The number of ether oxygens (including phenoxy) is 1. The monoisotopic (exact) mass is 421 g/mol. The zero-order valence-corrected chi connectivity index (χ0v) is 16.0. The van der Waals surface area contributed by atoms with Crippen molar-refractivity contribution in [2.75, 3.05) is 20.2 Å². The van der Waals surface area contributed by atoms with Crippen molar-refractivity contribution in [2.24, 2.45) is 0 Å². The highest BCUT2D eigenvalue weighted by Crippen LogP contribution is 2.33. The molecular weight excluding hydrogens is 406 g/mol. The Hall–Kier alpha value is -1.93. The molecule has 3 rings (SSSR count). The molecule has 5 nitrogen and oxygen atoms in total. The van der Waals surface area contributed by atoms with Crippen LogP contribution in [0.5, 0.6) is 0 Å². The van der Waals surface area contributed by atoms with E-state index in [2.05, 4.69) is 4.98 Å². The SMILES string of the molecule is CC(C1=CC(Cl)=C(OCC(F)(F)F)N(C)C1)N1Cc2c(ccnc2Cl)C1=O. The van der Waals surface area contributed by atoms with Crippen LogP contribution in [0.2, 0.25) is 5.15 Å². The van der Waals surface area contributed by atoms with Crippen LogP contribution in [-0.2, 0) is 11.3 Å². The van der Waals surface area contributed by atoms with Crippen molar-refractivity contribution >= 4 is 29.1 Å². The van der Waals surface area contributed by atoms with E-state index in [0.29, 0.717) is 17.7 Å². The molecule has 0 fully saturated rings. The minimum Gasteiger partial charge on any atom is -0.468 e. The van der Waals surface area contributed by atoms with Gasteiger partial charge in [-0.3, -0.25) is 4.79 Å². The van der Waals surface area contributed by atoms with Crippen LogP contribution in [0.1, 0.15) is 22.8 Å². The molecule has 3 heterocycles. The molecule has 0 saturated carbocycles. The molecule has 146 valence electrons. The molecule has 0 aliphatic carbocycles. The van der Waals surface area contributed by atoms with Crippen molar-refractivity contribution in [3.63, 3.8) is 0 Å². The zero-order valence-electron chi connectivity index (χ0n) is 14.5. The number of likely N-dealkylation sites (N-methyl/N-ethyl adjacent to an activating group) is 1. The summed E-state index contributed by atoms with van der Waals surface area (Å²) in [5.41, 5.74) is 1.94. The first-order valence-electron chi connectivity index (χ1n) is 8.03. The molecule has 1 aromatic heterocycles. The van der Waals surface area contributed by atoms with Crippen LogP contribution >= 0.6 is 23.2 Å². The number of rotatable bonds is 4. The minimum absolute atomic E-state index is 0.0479. The number of nitrogens with zero attached hydrogens (tertiary/aromatic N) is 3. The third kappa shape index (κ3) is 4.01. The summed E-state index contributed by atoms with van der Waals surface area (Å²) in [7, 11) is 1.58. The van der Waals surface area contributed by atoms with Crippen molar-refractivity contribution in [2.45, 2.75) is 25.7 Å². The average molecular weight is 422 g/mol. The van der Waals surface area contributed by atoms with Gasteiger partial charge in [0.25, 0.3) is 5.91 Å². The minimum atomic E-state index is -4.46. The number of carbonyl (C=O) groups excluding carboxylic acids is 1. The van der Waals surface area contributed by atoms with E-state index in [1.54, 1.807) is 24.1 Å². The molecule has 0 bridgehead atoms. The van der Waals surface area contributed by atoms with Crippen molar-refractivity contribution in [1.82, 2.24) is 14.8 Å². The van der Waals surface area contributed by atoms with E-state index in [4.69, 9.17) is 27.9 Å². The van der Waals surface area contributed by atoms with Gasteiger partial charge in [-0.15, -0.1) is 0 Å². The zero-order chi connectivity index (χ0) is 19.9. The molecule has 0 radical (unpaired) electrons. The molecule has 2 aliphatic heterocycles. The maximum Gasteiger partial charge on any atom is 0.422 e. The second kappa shape index (κ2) is 7.24. The summed E-state index contributed by atoms with van der Waals surface area (Å²) >= 11 is 12.2. The van der Waals surface area contributed by atoms with Crippen LogP contribution in [0.4, 0.5) is 13.2 Å². The predicted octanol–water partition coefficient (Wildman–Crippen LogP) is 3.94. The maximum absolute atomic E-state index is 12.7. The van der Waals surface area contributed by atoms with Crippen molar-refractivity contribution in [3.05, 3.63) is 51.1 Å². The van der Waals surface area contributed by atoms with Gasteiger partial charge in [0.1, 0.15) is 10.2 Å². The van der Waals surface area contributed by atoms with Gasteiger partial charge in [-0.1, -0.05) is 23.2 Å². The third-order valence-electron chi connectivity index (χ3n) is 4.48. The molecule has 2 aliphatic rings. The van der Waals surface area contributed by atoms with Gasteiger partial charge in [0.15, 0.2) is 6.61 Å². The van der Waals surface area contributed by atoms with Gasteiger partial charge in [-0.2, -0.15) is 13.2 Å². The van der Waals surface area contributed by atoms with Crippen molar-refractivity contribution in [3.8, 4) is 0 Å². The molecule has 1 atom stereocenters. The number of hydrogen-bond acceptors (Lipinski definition) is 4. The Labute approximate surface area is 164 Å². The van der Waals surface area contributed by atoms with Gasteiger partial charge in [-0.05, 0) is 24.6 Å². The number of amides is 1. The summed E-state index contributed by atoms with van der Waals surface area (Å²) in [6.07, 6.45) is -1.43. The lowest BCUT2D eigenvalue weighted by Gasteiger charge is -2.34. The summed E-state index contributed by atoms with van der Waals surface area (Å²) in [6, 6.07) is 1.29. The van der Waals surface area contributed by atoms with E-state index in [-0.39, 0.29) is 34.6 Å². The number of aromatic nitrogens is 1. The van der Waals surface area contributed by atoms with E-state index >= 15 is 0 Å².